The van der Waals surface area contributed by atoms with Gasteiger partial charge in [-0.2, -0.15) is 4.99 Å². The van der Waals surface area contributed by atoms with Gasteiger partial charge >= 0.3 is 0 Å². The summed E-state index contributed by atoms with van der Waals surface area (Å²) in [5.41, 5.74) is -0.164. The van der Waals surface area contributed by atoms with Gasteiger partial charge in [-0.05, 0) is 26.7 Å². The van der Waals surface area contributed by atoms with E-state index in [0.29, 0.717) is 30.8 Å². The van der Waals surface area contributed by atoms with Gasteiger partial charge in [0, 0.05) is 24.2 Å². The topological polar surface area (TPSA) is 63.8 Å². The quantitative estimate of drug-likeness (QED) is 0.924. The zero-order valence-electron chi connectivity index (χ0n) is 13.0. The molecule has 0 saturated heterocycles. The number of carbonyl (C=O) groups is 1. The summed E-state index contributed by atoms with van der Waals surface area (Å²) in [6, 6.07) is 0. The number of nitrogens with zero attached hydrogens (tertiary/aromatic N) is 2. The van der Waals surface area contributed by atoms with Crippen LogP contribution in [0, 0.1) is 13.8 Å². The summed E-state index contributed by atoms with van der Waals surface area (Å²) in [5.74, 6) is -0.394. The predicted octanol–water partition coefficient (Wildman–Crippen LogP) is 1.94. The molecule has 0 aliphatic heterocycles. The Morgan fingerprint density at radius 1 is 1.38 bits per heavy atom. The van der Waals surface area contributed by atoms with E-state index in [2.05, 4.69) is 4.99 Å². The van der Waals surface area contributed by atoms with Crippen LogP contribution >= 0.6 is 11.3 Å². The third-order valence-electron chi connectivity index (χ3n) is 4.18. The van der Waals surface area contributed by atoms with Crippen LogP contribution in [0.5, 0.6) is 0 Å². The molecule has 118 valence electrons. The molecule has 0 aromatic carbocycles. The fraction of sp³-hybridized carbons (Fsp3) is 0.733. The fourth-order valence-corrected chi connectivity index (χ4v) is 3.67. The molecule has 1 aromatic rings. The van der Waals surface area contributed by atoms with Gasteiger partial charge in [-0.15, -0.1) is 11.3 Å². The van der Waals surface area contributed by atoms with Crippen LogP contribution in [0.4, 0.5) is 0 Å². The molecule has 0 atom stereocenters. The van der Waals surface area contributed by atoms with Crippen LogP contribution in [0.15, 0.2) is 4.99 Å². The number of aliphatic hydroxyl groups is 1. The first-order valence-electron chi connectivity index (χ1n) is 7.45. The second-order valence-electron chi connectivity index (χ2n) is 5.68. The lowest BCUT2D eigenvalue weighted by molar-refractivity contribution is -0.139. The van der Waals surface area contributed by atoms with Gasteiger partial charge in [0.15, 0.2) is 4.80 Å². The Morgan fingerprint density at radius 2 is 2.05 bits per heavy atom. The summed E-state index contributed by atoms with van der Waals surface area (Å²) in [4.78, 5) is 18.4. The Morgan fingerprint density at radius 3 is 2.67 bits per heavy atom. The highest BCUT2D eigenvalue weighted by atomic mass is 32.1. The molecule has 1 aliphatic rings. The SMILES string of the molecule is COCCn1c(C)c(C)sc1=NC(=O)C1(O)CCCCC1. The minimum atomic E-state index is -1.26. The van der Waals surface area contributed by atoms with E-state index in [1.54, 1.807) is 7.11 Å². The van der Waals surface area contributed by atoms with Crippen molar-refractivity contribution in [3.05, 3.63) is 15.4 Å². The fourth-order valence-electron chi connectivity index (χ4n) is 2.67. The smallest absolute Gasteiger partial charge is 0.280 e. The van der Waals surface area contributed by atoms with E-state index in [-0.39, 0.29) is 0 Å². The van der Waals surface area contributed by atoms with Crippen molar-refractivity contribution in [3.8, 4) is 0 Å². The van der Waals surface area contributed by atoms with Crippen LogP contribution < -0.4 is 4.80 Å². The van der Waals surface area contributed by atoms with Crippen LogP contribution in [0.3, 0.4) is 0 Å². The van der Waals surface area contributed by atoms with Crippen molar-refractivity contribution in [2.45, 2.75) is 58.1 Å². The van der Waals surface area contributed by atoms with Crippen molar-refractivity contribution in [2.24, 2.45) is 4.99 Å². The lowest BCUT2D eigenvalue weighted by atomic mass is 9.84. The maximum Gasteiger partial charge on any atom is 0.280 e. The van der Waals surface area contributed by atoms with Gasteiger partial charge in [-0.3, -0.25) is 4.79 Å². The van der Waals surface area contributed by atoms with Gasteiger partial charge in [0.1, 0.15) is 5.60 Å². The molecule has 1 aliphatic carbocycles. The summed E-state index contributed by atoms with van der Waals surface area (Å²) in [6.07, 6.45) is 3.92. The average molecular weight is 312 g/mol. The van der Waals surface area contributed by atoms with Gasteiger partial charge in [0.25, 0.3) is 5.91 Å². The van der Waals surface area contributed by atoms with Crippen molar-refractivity contribution in [3.63, 3.8) is 0 Å². The van der Waals surface area contributed by atoms with Crippen LogP contribution in [-0.4, -0.2) is 34.9 Å². The molecular weight excluding hydrogens is 288 g/mol. The monoisotopic (exact) mass is 312 g/mol. The standard InChI is InChI=1S/C15H24N2O3S/c1-11-12(2)21-14(17(11)9-10-20-3)16-13(18)15(19)7-5-4-6-8-15/h19H,4-10H2,1-3H3. The zero-order chi connectivity index (χ0) is 15.5. The van der Waals surface area contributed by atoms with Gasteiger partial charge in [-0.25, -0.2) is 0 Å². The van der Waals surface area contributed by atoms with Crippen molar-refractivity contribution >= 4 is 17.2 Å². The molecule has 0 unspecified atom stereocenters. The van der Waals surface area contributed by atoms with Gasteiger partial charge in [0.05, 0.1) is 6.61 Å². The van der Waals surface area contributed by atoms with Crippen LogP contribution in [0.25, 0.3) is 0 Å². The number of hydrogen-bond acceptors (Lipinski definition) is 4. The van der Waals surface area contributed by atoms with E-state index >= 15 is 0 Å². The highest BCUT2D eigenvalue weighted by molar-refractivity contribution is 7.09. The molecule has 0 spiro atoms. The summed E-state index contributed by atoms with van der Waals surface area (Å²) in [7, 11) is 1.65. The van der Waals surface area contributed by atoms with E-state index < -0.39 is 11.5 Å². The van der Waals surface area contributed by atoms with Crippen molar-refractivity contribution in [2.75, 3.05) is 13.7 Å². The van der Waals surface area contributed by atoms with Gasteiger partial charge < -0.3 is 14.4 Å². The molecule has 1 fully saturated rings. The van der Waals surface area contributed by atoms with E-state index in [0.717, 1.165) is 29.8 Å². The molecule has 0 radical (unpaired) electrons. The number of aryl methyl sites for hydroxylation is 1. The third kappa shape index (κ3) is 3.62. The summed E-state index contributed by atoms with van der Waals surface area (Å²) in [5, 5.41) is 10.5. The van der Waals surface area contributed by atoms with E-state index in [4.69, 9.17) is 4.74 Å². The number of amides is 1. The van der Waals surface area contributed by atoms with Crippen molar-refractivity contribution in [1.82, 2.24) is 4.57 Å². The van der Waals surface area contributed by atoms with E-state index in [1.165, 1.54) is 11.3 Å². The Labute approximate surface area is 129 Å². The number of hydrogen-bond donors (Lipinski definition) is 1. The second kappa shape index (κ2) is 6.85. The first-order chi connectivity index (χ1) is 9.98. The summed E-state index contributed by atoms with van der Waals surface area (Å²) < 4.78 is 7.11. The Balaban J connectivity index is 2.31. The molecular formula is C15H24N2O3S. The predicted molar refractivity (Wildman–Crippen MR) is 82.3 cm³/mol. The van der Waals surface area contributed by atoms with Crippen molar-refractivity contribution < 1.29 is 14.6 Å². The molecule has 21 heavy (non-hydrogen) atoms. The molecule has 0 bridgehead atoms. The summed E-state index contributed by atoms with van der Waals surface area (Å²) >= 11 is 1.49. The van der Waals surface area contributed by atoms with E-state index in [9.17, 15) is 9.90 Å². The highest BCUT2D eigenvalue weighted by Crippen LogP contribution is 2.29. The molecule has 1 amide bonds. The number of aromatic nitrogens is 1. The lowest BCUT2D eigenvalue weighted by Crippen LogP contribution is -2.40. The number of rotatable bonds is 4. The Hall–Kier alpha value is -0.980. The third-order valence-corrected chi connectivity index (χ3v) is 5.28. The van der Waals surface area contributed by atoms with Crippen molar-refractivity contribution in [1.29, 1.82) is 0 Å². The molecule has 1 saturated carbocycles. The van der Waals surface area contributed by atoms with Gasteiger partial charge in [-0.1, -0.05) is 19.3 Å². The molecule has 1 N–H and O–H groups in total. The number of ether oxygens (including phenoxy) is 1. The van der Waals surface area contributed by atoms with E-state index in [1.807, 2.05) is 18.4 Å². The first-order valence-corrected chi connectivity index (χ1v) is 8.27. The average Bonchev–Trinajstić information content (AvgIpc) is 2.72. The second-order valence-corrected chi connectivity index (χ2v) is 6.86. The molecule has 1 heterocycles. The summed E-state index contributed by atoms with van der Waals surface area (Å²) in [6.45, 7) is 5.27. The number of thiazole rings is 1. The van der Waals surface area contributed by atoms with Crippen LogP contribution in [0.1, 0.15) is 42.7 Å². The van der Waals surface area contributed by atoms with Crippen LogP contribution in [0.2, 0.25) is 0 Å². The van der Waals surface area contributed by atoms with Gasteiger partial charge in [0.2, 0.25) is 0 Å². The molecule has 6 heteroatoms. The maximum atomic E-state index is 12.4. The first kappa shape index (κ1) is 16.4. The zero-order valence-corrected chi connectivity index (χ0v) is 13.8. The molecule has 5 nitrogen and oxygen atoms in total. The highest BCUT2D eigenvalue weighted by Gasteiger charge is 2.37. The Bertz CT molecular complexity index is 568. The Kier molecular flexibility index (Phi) is 5.35. The minimum Gasteiger partial charge on any atom is -0.383 e. The minimum absolute atomic E-state index is 0.394. The molecule has 1 aromatic heterocycles. The largest absolute Gasteiger partial charge is 0.383 e. The maximum absolute atomic E-state index is 12.4. The number of methoxy groups -OCH3 is 1. The molecule has 2 rings (SSSR count). The lowest BCUT2D eigenvalue weighted by Gasteiger charge is -2.28. The van der Waals surface area contributed by atoms with Crippen LogP contribution in [-0.2, 0) is 16.1 Å². The number of carbonyl (C=O) groups excluding carboxylic acids is 1. The normalized spacial score (nSPS) is 19.0.